The number of thiazole rings is 1. The largest absolute Gasteiger partial charge is 0.298 e. The maximum atomic E-state index is 13.1. The number of hydrogen-bond acceptors (Lipinski definition) is 6. The summed E-state index contributed by atoms with van der Waals surface area (Å²) in [6.07, 6.45) is 1.04. The number of amides is 1. The van der Waals surface area contributed by atoms with Crippen LogP contribution >= 0.6 is 23.1 Å². The van der Waals surface area contributed by atoms with E-state index in [0.717, 1.165) is 28.3 Å². The fraction of sp³-hybridized carbons (Fsp3) is 0.333. The Morgan fingerprint density at radius 1 is 1.06 bits per heavy atom. The highest BCUT2D eigenvalue weighted by atomic mass is 32.2. The van der Waals surface area contributed by atoms with Crippen LogP contribution in [0, 0.1) is 11.8 Å². The highest BCUT2D eigenvalue weighted by molar-refractivity contribution is 7.98. The number of carbonyl (C=O) groups is 1. The molecule has 5 rings (SSSR count). The maximum absolute atomic E-state index is 13.1. The quantitative estimate of drug-likeness (QED) is 0.525. The van der Waals surface area contributed by atoms with E-state index >= 15 is 0 Å². The number of fused-ring (bicyclic) bond motifs is 3. The van der Waals surface area contributed by atoms with Crippen LogP contribution in [0.25, 0.3) is 11.3 Å². The first-order chi connectivity index (χ1) is 15.8. The van der Waals surface area contributed by atoms with Crippen molar-refractivity contribution in [3.8, 4) is 11.3 Å². The number of nitrogens with zero attached hydrogens (tertiary/aromatic N) is 2. The van der Waals surface area contributed by atoms with Gasteiger partial charge in [0.2, 0.25) is 10.0 Å². The minimum absolute atomic E-state index is 0.221. The summed E-state index contributed by atoms with van der Waals surface area (Å²) in [5, 5.41) is 3.43. The van der Waals surface area contributed by atoms with Gasteiger partial charge in [-0.05, 0) is 48.6 Å². The number of anilines is 1. The first-order valence-corrected chi connectivity index (χ1v) is 14.2. The SMILES string of the molecule is CC1CC(C)CN(S(=O)(=O)c2ccc(C(=O)Nc3nc4c(s3)CSc3ccccc3-4)cc2)C1. The van der Waals surface area contributed by atoms with Crippen molar-refractivity contribution in [2.45, 2.75) is 35.8 Å². The number of aromatic nitrogens is 1. The van der Waals surface area contributed by atoms with Crippen LogP contribution in [0.1, 0.15) is 35.5 Å². The number of carbonyl (C=O) groups excluding carboxylic acids is 1. The molecule has 2 unspecified atom stereocenters. The molecule has 0 saturated carbocycles. The average molecular weight is 500 g/mol. The second-order valence-corrected chi connectivity index (χ2v) is 12.9. The van der Waals surface area contributed by atoms with Crippen molar-refractivity contribution in [3.05, 3.63) is 59.0 Å². The molecule has 9 heteroatoms. The molecule has 2 aliphatic heterocycles. The van der Waals surface area contributed by atoms with Crippen LogP contribution in [0.4, 0.5) is 5.13 Å². The van der Waals surface area contributed by atoms with Gasteiger partial charge in [-0.25, -0.2) is 13.4 Å². The molecule has 1 aromatic heterocycles. The Morgan fingerprint density at radius 3 is 2.48 bits per heavy atom. The third kappa shape index (κ3) is 4.47. The third-order valence-corrected chi connectivity index (χ3v) is 10.1. The fourth-order valence-corrected chi connectivity index (χ4v) is 8.32. The summed E-state index contributed by atoms with van der Waals surface area (Å²) in [6, 6.07) is 14.3. The van der Waals surface area contributed by atoms with E-state index in [1.807, 2.05) is 12.1 Å². The molecule has 1 saturated heterocycles. The number of thioether (sulfide) groups is 1. The Morgan fingerprint density at radius 2 is 1.76 bits per heavy atom. The Hall–Kier alpha value is -2.20. The normalized spacial score (nSPS) is 20.7. The lowest BCUT2D eigenvalue weighted by Crippen LogP contribution is -2.42. The van der Waals surface area contributed by atoms with Crippen molar-refractivity contribution in [2.75, 3.05) is 18.4 Å². The number of sulfonamides is 1. The Balaban J connectivity index is 1.32. The van der Waals surface area contributed by atoms with Crippen LogP contribution in [-0.2, 0) is 15.8 Å². The lowest BCUT2D eigenvalue weighted by atomic mass is 9.94. The van der Waals surface area contributed by atoms with Gasteiger partial charge in [-0.3, -0.25) is 10.1 Å². The fourth-order valence-electron chi connectivity index (χ4n) is 4.54. The second kappa shape index (κ2) is 8.87. The van der Waals surface area contributed by atoms with Gasteiger partial charge >= 0.3 is 0 Å². The molecule has 6 nitrogen and oxygen atoms in total. The molecule has 2 aliphatic rings. The molecule has 2 atom stereocenters. The molecule has 3 aromatic rings. The Labute approximate surface area is 202 Å². The van der Waals surface area contributed by atoms with Crippen molar-refractivity contribution < 1.29 is 13.2 Å². The van der Waals surface area contributed by atoms with Crippen molar-refractivity contribution >= 4 is 44.2 Å². The van der Waals surface area contributed by atoms with E-state index in [2.05, 4.69) is 36.3 Å². The molecule has 1 amide bonds. The molecule has 0 aliphatic carbocycles. The molecule has 1 fully saturated rings. The van der Waals surface area contributed by atoms with Crippen LogP contribution in [0.2, 0.25) is 0 Å². The van der Waals surface area contributed by atoms with E-state index in [-0.39, 0.29) is 10.8 Å². The summed E-state index contributed by atoms with van der Waals surface area (Å²) in [6.45, 7) is 5.23. The summed E-state index contributed by atoms with van der Waals surface area (Å²) in [5.41, 5.74) is 2.42. The van der Waals surface area contributed by atoms with Gasteiger partial charge in [0.15, 0.2) is 5.13 Å². The summed E-state index contributed by atoms with van der Waals surface area (Å²) in [4.78, 5) is 20.0. The van der Waals surface area contributed by atoms with Gasteiger partial charge in [-0.1, -0.05) is 32.0 Å². The third-order valence-electron chi connectivity index (χ3n) is 6.01. The van der Waals surface area contributed by atoms with Crippen LogP contribution in [-0.4, -0.2) is 36.7 Å². The number of nitrogens with one attached hydrogen (secondary N) is 1. The molecular formula is C24H25N3O3S3. The van der Waals surface area contributed by atoms with Gasteiger partial charge in [0.05, 0.1) is 10.6 Å². The van der Waals surface area contributed by atoms with E-state index in [9.17, 15) is 13.2 Å². The summed E-state index contributed by atoms with van der Waals surface area (Å²) < 4.78 is 27.7. The average Bonchev–Trinajstić information content (AvgIpc) is 3.21. The van der Waals surface area contributed by atoms with E-state index in [1.165, 1.54) is 28.4 Å². The molecule has 33 heavy (non-hydrogen) atoms. The highest BCUT2D eigenvalue weighted by Gasteiger charge is 2.31. The number of rotatable bonds is 4. The Kier molecular flexibility index (Phi) is 6.07. The maximum Gasteiger partial charge on any atom is 0.257 e. The molecule has 2 aromatic carbocycles. The van der Waals surface area contributed by atoms with Crippen LogP contribution in [0.15, 0.2) is 58.3 Å². The van der Waals surface area contributed by atoms with Crippen molar-refractivity contribution in [2.24, 2.45) is 11.8 Å². The zero-order valence-corrected chi connectivity index (χ0v) is 20.9. The van der Waals surface area contributed by atoms with E-state index in [4.69, 9.17) is 0 Å². The number of hydrogen-bond donors (Lipinski definition) is 1. The van der Waals surface area contributed by atoms with Gasteiger partial charge in [0.1, 0.15) is 0 Å². The summed E-state index contributed by atoms with van der Waals surface area (Å²) in [7, 11) is -3.57. The molecule has 3 heterocycles. The highest BCUT2D eigenvalue weighted by Crippen LogP contribution is 2.44. The van der Waals surface area contributed by atoms with E-state index in [0.29, 0.717) is 35.6 Å². The minimum Gasteiger partial charge on any atom is -0.298 e. The standard InChI is InChI=1S/C24H25N3O3S3/c1-15-11-16(2)13-27(12-15)33(29,30)18-9-7-17(8-10-18)23(28)26-24-25-22-19-5-3-4-6-20(19)31-14-21(22)32-24/h3-10,15-16H,11-14H2,1-2H3,(H,25,26,28). The molecule has 0 bridgehead atoms. The van der Waals surface area contributed by atoms with E-state index in [1.54, 1.807) is 28.2 Å². The van der Waals surface area contributed by atoms with Crippen molar-refractivity contribution in [1.82, 2.24) is 9.29 Å². The predicted octanol–water partition coefficient (Wildman–Crippen LogP) is 5.33. The molecule has 0 radical (unpaired) electrons. The zero-order chi connectivity index (χ0) is 23.2. The van der Waals surface area contributed by atoms with Crippen LogP contribution in [0.3, 0.4) is 0 Å². The van der Waals surface area contributed by atoms with Gasteiger partial charge in [-0.15, -0.1) is 23.1 Å². The van der Waals surface area contributed by atoms with Gasteiger partial charge < -0.3 is 0 Å². The number of benzene rings is 2. The van der Waals surface area contributed by atoms with Gasteiger partial charge in [0, 0.05) is 39.7 Å². The minimum atomic E-state index is -3.57. The second-order valence-electron chi connectivity index (χ2n) is 8.82. The Bertz CT molecular complexity index is 1290. The van der Waals surface area contributed by atoms with Crippen molar-refractivity contribution in [1.29, 1.82) is 0 Å². The predicted molar refractivity (Wildman–Crippen MR) is 133 cm³/mol. The summed E-state index contributed by atoms with van der Waals surface area (Å²) in [5.74, 6) is 1.21. The van der Waals surface area contributed by atoms with Crippen LogP contribution in [0.5, 0.6) is 0 Å². The number of piperidine rings is 1. The smallest absolute Gasteiger partial charge is 0.257 e. The van der Waals surface area contributed by atoms with E-state index < -0.39 is 10.0 Å². The van der Waals surface area contributed by atoms with Gasteiger partial charge in [-0.2, -0.15) is 4.31 Å². The molecule has 1 N–H and O–H groups in total. The lowest BCUT2D eigenvalue weighted by Gasteiger charge is -2.34. The molecular weight excluding hydrogens is 474 g/mol. The first-order valence-electron chi connectivity index (χ1n) is 10.9. The van der Waals surface area contributed by atoms with Crippen LogP contribution < -0.4 is 5.32 Å². The first kappa shape index (κ1) is 22.6. The topological polar surface area (TPSA) is 79.4 Å². The van der Waals surface area contributed by atoms with Gasteiger partial charge in [0.25, 0.3) is 5.91 Å². The lowest BCUT2D eigenvalue weighted by molar-refractivity contribution is 0.102. The molecule has 0 spiro atoms. The van der Waals surface area contributed by atoms with Crippen molar-refractivity contribution in [3.63, 3.8) is 0 Å². The summed E-state index contributed by atoms with van der Waals surface area (Å²) >= 11 is 3.25. The monoisotopic (exact) mass is 499 g/mol. The zero-order valence-electron chi connectivity index (χ0n) is 18.4. The molecule has 172 valence electrons.